The van der Waals surface area contributed by atoms with Crippen molar-refractivity contribution in [2.24, 2.45) is 0 Å². The first-order chi connectivity index (χ1) is 3.46. The Labute approximate surface area is 70.7 Å². The summed E-state index contributed by atoms with van der Waals surface area (Å²) >= 11 is 22.8. The van der Waals surface area contributed by atoms with Gasteiger partial charge in [-0.2, -0.15) is 0 Å². The van der Waals surface area contributed by atoms with Crippen LogP contribution in [0.15, 0.2) is 0 Å². The van der Waals surface area contributed by atoms with Crippen molar-refractivity contribution in [3.05, 3.63) is 0 Å². The van der Waals surface area contributed by atoms with Crippen LogP contribution in [0, 0.1) is 0 Å². The molecule has 1 rings (SSSR count). The lowest BCUT2D eigenvalue weighted by atomic mass is 11.7. The molecule has 6 heteroatoms. The molecule has 0 nitrogen and oxygen atoms in total. The van der Waals surface area contributed by atoms with Gasteiger partial charge >= 0.3 is 0 Å². The monoisotopic (exact) mass is 222 g/mol. The van der Waals surface area contributed by atoms with Crippen LogP contribution in [0.3, 0.4) is 0 Å². The van der Waals surface area contributed by atoms with Gasteiger partial charge in [0.2, 0.25) is 0 Å². The van der Waals surface area contributed by atoms with E-state index in [-0.39, 0.29) is 0 Å². The molecule has 1 saturated heterocycles. The summed E-state index contributed by atoms with van der Waals surface area (Å²) in [5, 5.41) is 0. The van der Waals surface area contributed by atoms with Gasteiger partial charge in [-0.1, -0.05) is 0 Å². The zero-order valence-corrected chi connectivity index (χ0v) is 8.74. The summed E-state index contributed by atoms with van der Waals surface area (Å²) in [5.74, 6) is 0. The van der Waals surface area contributed by atoms with Crippen molar-refractivity contribution in [3.63, 3.8) is 0 Å². The zero-order chi connectivity index (χ0) is 6.41. The molecule has 2 radical (unpaired) electrons. The van der Waals surface area contributed by atoms with Gasteiger partial charge in [0, 0.05) is 0 Å². The third-order valence-electron chi connectivity index (χ3n) is 0.992. The minimum atomic E-state index is -2.19. The molecule has 46 valence electrons. The maximum atomic E-state index is 5.74. The first-order valence-corrected chi connectivity index (χ1v) is 8.16. The highest BCUT2D eigenvalue weighted by Crippen LogP contribution is 2.48. The molecule has 0 aromatic rings. The standard InChI is InChI=1S/C2H2Cl4Si2/c3-2(4)7-1-8(2,5)6/h1H2. The number of alkyl halides is 2. The molecule has 0 aromatic heterocycles. The average Bonchev–Trinajstić information content (AvgIpc) is 1.64. The Morgan fingerprint density at radius 3 is 1.75 bits per heavy atom. The minimum Gasteiger partial charge on any atom is -0.143 e. The number of halogens is 4. The maximum absolute atomic E-state index is 5.74. The summed E-state index contributed by atoms with van der Waals surface area (Å²) < 4.78 is -0.740. The molecule has 1 heterocycles. The number of hydrogen-bond donors (Lipinski definition) is 0. The molecular weight excluding hydrogens is 222 g/mol. The predicted molar refractivity (Wildman–Crippen MR) is 42.5 cm³/mol. The molecule has 0 atom stereocenters. The molecule has 1 aliphatic heterocycles. The van der Waals surface area contributed by atoms with Crippen LogP contribution in [0.5, 0.6) is 0 Å². The smallest absolute Gasteiger partial charge is 0.143 e. The molecule has 0 spiro atoms. The van der Waals surface area contributed by atoms with Crippen LogP contribution in [0.2, 0.25) is 5.67 Å². The normalized spacial score (nSPS) is 31.5. The van der Waals surface area contributed by atoms with Crippen LogP contribution in [-0.2, 0) is 0 Å². The van der Waals surface area contributed by atoms with Crippen molar-refractivity contribution in [3.8, 4) is 0 Å². The van der Waals surface area contributed by atoms with E-state index in [4.69, 9.17) is 45.4 Å². The second-order valence-corrected chi connectivity index (χ2v) is 13.9. The molecule has 0 N–H and O–H groups in total. The Hall–Kier alpha value is 1.59. The van der Waals surface area contributed by atoms with Crippen LogP contribution < -0.4 is 0 Å². The highest BCUT2D eigenvalue weighted by atomic mass is 35.7. The Morgan fingerprint density at radius 1 is 1.38 bits per heavy atom. The lowest BCUT2D eigenvalue weighted by Gasteiger charge is -2.39. The van der Waals surface area contributed by atoms with Gasteiger partial charge in [-0.3, -0.25) is 0 Å². The van der Waals surface area contributed by atoms with Crippen LogP contribution in [0.25, 0.3) is 0 Å². The third-order valence-corrected chi connectivity index (χ3v) is 15.6. The second-order valence-electron chi connectivity index (χ2n) is 1.63. The van der Waals surface area contributed by atoms with Gasteiger partial charge in [0.1, 0.15) is 3.58 Å². The maximum Gasteiger partial charge on any atom is 0.279 e. The Morgan fingerprint density at radius 2 is 1.75 bits per heavy atom. The fraction of sp³-hybridized carbons (Fsp3) is 1.00. The average molecular weight is 224 g/mol. The summed E-state index contributed by atoms with van der Waals surface area (Å²) in [5.41, 5.74) is 0.850. The van der Waals surface area contributed by atoms with E-state index in [1.165, 1.54) is 0 Å². The predicted octanol–water partition coefficient (Wildman–Crippen LogP) is 2.25. The van der Waals surface area contributed by atoms with Crippen molar-refractivity contribution in [1.82, 2.24) is 0 Å². The van der Waals surface area contributed by atoms with Gasteiger partial charge in [0.25, 0.3) is 6.69 Å². The van der Waals surface area contributed by atoms with Crippen LogP contribution in [0.4, 0.5) is 0 Å². The van der Waals surface area contributed by atoms with E-state index in [2.05, 4.69) is 0 Å². The minimum absolute atomic E-state index is 0.528. The molecule has 0 aromatic carbocycles. The van der Waals surface area contributed by atoms with E-state index in [9.17, 15) is 0 Å². The first kappa shape index (κ1) is 7.70. The Kier molecular flexibility index (Phi) is 1.96. The van der Waals surface area contributed by atoms with Crippen LogP contribution >= 0.6 is 45.4 Å². The van der Waals surface area contributed by atoms with E-state index >= 15 is 0 Å². The molecule has 0 unspecified atom stereocenters. The molecule has 1 fully saturated rings. The van der Waals surface area contributed by atoms with Crippen LogP contribution in [-0.4, -0.2) is 19.8 Å². The second kappa shape index (κ2) is 2.04. The lowest BCUT2D eigenvalue weighted by molar-refractivity contribution is 1.46. The topological polar surface area (TPSA) is 0 Å². The SMILES string of the molecule is ClC1(Cl)[Si]C[Si]1(Cl)Cl. The van der Waals surface area contributed by atoms with Gasteiger partial charge in [-0.15, -0.1) is 45.4 Å². The van der Waals surface area contributed by atoms with Crippen molar-refractivity contribution < 1.29 is 0 Å². The van der Waals surface area contributed by atoms with E-state index in [0.717, 1.165) is 5.67 Å². The van der Waals surface area contributed by atoms with Gasteiger partial charge < -0.3 is 0 Å². The largest absolute Gasteiger partial charge is 0.279 e. The van der Waals surface area contributed by atoms with E-state index in [1.54, 1.807) is 0 Å². The van der Waals surface area contributed by atoms with Crippen molar-refractivity contribution in [2.75, 3.05) is 0 Å². The summed E-state index contributed by atoms with van der Waals surface area (Å²) in [6.45, 7) is -2.19. The molecular formula is C2H2Cl4Si2. The molecule has 1 aliphatic rings. The number of hydrogen-bond acceptors (Lipinski definition) is 0. The van der Waals surface area contributed by atoms with Gasteiger partial charge in [0.15, 0.2) is 0 Å². The highest BCUT2D eigenvalue weighted by molar-refractivity contribution is 7.57. The summed E-state index contributed by atoms with van der Waals surface area (Å²) in [6.07, 6.45) is 0. The molecule has 0 aliphatic carbocycles. The first-order valence-electron chi connectivity index (χ1n) is 1.96. The fourth-order valence-electron chi connectivity index (χ4n) is 0.356. The van der Waals surface area contributed by atoms with E-state index < -0.39 is 10.3 Å². The summed E-state index contributed by atoms with van der Waals surface area (Å²) in [4.78, 5) is 0. The van der Waals surface area contributed by atoms with E-state index in [1.807, 2.05) is 0 Å². The van der Waals surface area contributed by atoms with E-state index in [0.29, 0.717) is 9.52 Å². The lowest BCUT2D eigenvalue weighted by Crippen LogP contribution is -2.58. The molecule has 0 saturated carbocycles. The molecule has 0 bridgehead atoms. The van der Waals surface area contributed by atoms with Gasteiger partial charge in [0.05, 0.1) is 9.52 Å². The zero-order valence-electron chi connectivity index (χ0n) is 3.72. The Balaban J connectivity index is 2.63. The van der Waals surface area contributed by atoms with Gasteiger partial charge in [-0.25, -0.2) is 0 Å². The van der Waals surface area contributed by atoms with Crippen LogP contribution in [0.1, 0.15) is 0 Å². The summed E-state index contributed by atoms with van der Waals surface area (Å²) in [7, 11) is 0.528. The van der Waals surface area contributed by atoms with Crippen molar-refractivity contribution in [1.29, 1.82) is 0 Å². The quantitative estimate of drug-likeness (QED) is 0.336. The van der Waals surface area contributed by atoms with Crippen molar-refractivity contribution >= 4 is 61.6 Å². The van der Waals surface area contributed by atoms with Gasteiger partial charge in [-0.05, 0) is 5.67 Å². The fourth-order valence-corrected chi connectivity index (χ4v) is 8.01. The Bertz CT molecular complexity index is 96.6. The highest BCUT2D eigenvalue weighted by Gasteiger charge is 2.59. The summed E-state index contributed by atoms with van der Waals surface area (Å²) in [6, 6.07) is 0. The molecule has 8 heavy (non-hydrogen) atoms. The third kappa shape index (κ3) is 1.07. The molecule has 0 amide bonds. The van der Waals surface area contributed by atoms with Crippen molar-refractivity contribution in [2.45, 2.75) is 9.25 Å². The number of rotatable bonds is 0.